The lowest BCUT2D eigenvalue weighted by Gasteiger charge is -2.34. The lowest BCUT2D eigenvalue weighted by Crippen LogP contribution is -2.53. The van der Waals surface area contributed by atoms with Gasteiger partial charge in [0.25, 0.3) is 5.91 Å². The van der Waals surface area contributed by atoms with E-state index >= 15 is 0 Å². The van der Waals surface area contributed by atoms with Gasteiger partial charge < -0.3 is 25.4 Å². The van der Waals surface area contributed by atoms with E-state index in [-0.39, 0.29) is 17.4 Å². The zero-order valence-electron chi connectivity index (χ0n) is 24.8. The molecular weight excluding hydrogens is 526 g/mol. The minimum absolute atomic E-state index is 0.0172. The minimum atomic E-state index is -1.02. The number of carbonyl (C=O) groups is 3. The summed E-state index contributed by atoms with van der Waals surface area (Å²) in [5, 5.41) is 15.9. The number of nitrogens with one attached hydrogen (secondary N) is 2. The van der Waals surface area contributed by atoms with Crippen molar-refractivity contribution in [2.75, 3.05) is 17.6 Å². The number of para-hydroxylation sites is 1. The SMILES string of the molecule is CCCCCCN(C(=O)C(CS)NC(=O)OC(C)(C)C)C(C(=O)Nc1c(C)cccc1C)c1ccc(O)c(C)c1. The zero-order chi connectivity index (χ0) is 30.0. The lowest BCUT2D eigenvalue weighted by atomic mass is 9.99. The number of carbonyl (C=O) groups excluding carboxylic acids is 3. The fourth-order valence-corrected chi connectivity index (χ4v) is 4.68. The number of amides is 3. The van der Waals surface area contributed by atoms with Gasteiger partial charge in [0.05, 0.1) is 0 Å². The molecule has 0 aliphatic rings. The number of nitrogens with zero attached hydrogens (tertiary/aromatic N) is 1. The van der Waals surface area contributed by atoms with Gasteiger partial charge in [0.15, 0.2) is 0 Å². The van der Waals surface area contributed by atoms with Gasteiger partial charge in [-0.15, -0.1) is 0 Å². The van der Waals surface area contributed by atoms with E-state index < -0.39 is 29.7 Å². The molecular formula is C31H45N3O5S. The van der Waals surface area contributed by atoms with Crippen LogP contribution in [0.3, 0.4) is 0 Å². The van der Waals surface area contributed by atoms with Crippen molar-refractivity contribution >= 4 is 36.2 Å². The van der Waals surface area contributed by atoms with Crippen LogP contribution >= 0.6 is 12.6 Å². The molecule has 2 unspecified atom stereocenters. The average molecular weight is 572 g/mol. The Balaban J connectivity index is 2.56. The number of anilines is 1. The standard InChI is InChI=1S/C31H45N3O5S/c1-8-9-10-11-17-34(29(37)24(19-40)32-30(38)39-31(5,6)7)27(23-15-16-25(35)22(4)18-23)28(36)33-26-20(2)13-12-14-21(26)3/h12-16,18,24,27,35,40H,8-11,17,19H2,1-7H3,(H,32,38)(H,33,36). The molecule has 9 heteroatoms. The van der Waals surface area contributed by atoms with Crippen molar-refractivity contribution in [2.24, 2.45) is 0 Å². The number of alkyl carbamates (subject to hydrolysis) is 1. The maximum Gasteiger partial charge on any atom is 0.408 e. The summed E-state index contributed by atoms with van der Waals surface area (Å²) in [5.74, 6) is -0.715. The number of phenolic OH excluding ortho intramolecular Hbond substituents is 1. The van der Waals surface area contributed by atoms with Crippen LogP contribution in [-0.2, 0) is 14.3 Å². The predicted octanol–water partition coefficient (Wildman–Crippen LogP) is 6.23. The number of thiol groups is 1. The number of unbranched alkanes of at least 4 members (excludes halogenated alkanes) is 3. The first-order valence-electron chi connectivity index (χ1n) is 13.9. The smallest absolute Gasteiger partial charge is 0.408 e. The van der Waals surface area contributed by atoms with Crippen LogP contribution in [0.15, 0.2) is 36.4 Å². The highest BCUT2D eigenvalue weighted by molar-refractivity contribution is 7.80. The second-order valence-corrected chi connectivity index (χ2v) is 11.5. The number of hydrogen-bond donors (Lipinski definition) is 4. The van der Waals surface area contributed by atoms with Crippen molar-refractivity contribution in [2.45, 2.75) is 91.8 Å². The van der Waals surface area contributed by atoms with Gasteiger partial charge in [0.2, 0.25) is 5.91 Å². The highest BCUT2D eigenvalue weighted by Crippen LogP contribution is 2.30. The van der Waals surface area contributed by atoms with Gasteiger partial charge in [0.1, 0.15) is 23.4 Å². The molecule has 0 spiro atoms. The predicted molar refractivity (Wildman–Crippen MR) is 163 cm³/mol. The number of benzene rings is 2. The van der Waals surface area contributed by atoms with Crippen molar-refractivity contribution < 1.29 is 24.2 Å². The molecule has 40 heavy (non-hydrogen) atoms. The molecule has 0 heterocycles. The molecule has 0 aliphatic heterocycles. The molecule has 0 fully saturated rings. The third kappa shape index (κ3) is 9.47. The van der Waals surface area contributed by atoms with Gasteiger partial charge in [-0.2, -0.15) is 12.6 Å². The topological polar surface area (TPSA) is 108 Å². The van der Waals surface area contributed by atoms with E-state index in [4.69, 9.17) is 4.74 Å². The first-order valence-corrected chi connectivity index (χ1v) is 14.5. The largest absolute Gasteiger partial charge is 0.508 e. The Morgan fingerprint density at radius 3 is 2.20 bits per heavy atom. The van der Waals surface area contributed by atoms with Crippen molar-refractivity contribution in [3.05, 3.63) is 58.7 Å². The van der Waals surface area contributed by atoms with E-state index in [0.717, 1.165) is 30.4 Å². The Kier molecular flexibility index (Phi) is 12.4. The number of phenols is 1. The van der Waals surface area contributed by atoms with Gasteiger partial charge >= 0.3 is 6.09 Å². The summed E-state index contributed by atoms with van der Waals surface area (Å²) in [5.41, 5.74) is 2.87. The molecule has 2 atom stereocenters. The van der Waals surface area contributed by atoms with Crippen LogP contribution in [0.2, 0.25) is 0 Å². The molecule has 2 aromatic rings. The summed E-state index contributed by atoms with van der Waals surface area (Å²) >= 11 is 4.35. The van der Waals surface area contributed by atoms with Crippen molar-refractivity contribution in [1.82, 2.24) is 10.2 Å². The summed E-state index contributed by atoms with van der Waals surface area (Å²) in [6, 6.07) is 8.61. The minimum Gasteiger partial charge on any atom is -0.508 e. The quantitative estimate of drug-likeness (QED) is 0.178. The Bertz CT molecular complexity index is 1160. The molecule has 3 N–H and O–H groups in total. The normalized spacial score (nSPS) is 12.8. The molecule has 0 saturated carbocycles. The first kappa shape index (κ1) is 33.0. The van der Waals surface area contributed by atoms with Crippen molar-refractivity contribution in [3.63, 3.8) is 0 Å². The molecule has 3 amide bonds. The Morgan fingerprint density at radius 2 is 1.65 bits per heavy atom. The molecule has 0 saturated heterocycles. The summed E-state index contributed by atoms with van der Waals surface area (Å²) in [7, 11) is 0. The van der Waals surface area contributed by atoms with E-state index in [2.05, 4.69) is 30.2 Å². The van der Waals surface area contributed by atoms with Crippen LogP contribution in [-0.4, -0.2) is 51.9 Å². The summed E-state index contributed by atoms with van der Waals surface area (Å²) < 4.78 is 5.38. The van der Waals surface area contributed by atoms with Crippen LogP contribution in [0, 0.1) is 20.8 Å². The zero-order valence-corrected chi connectivity index (χ0v) is 25.7. The fourth-order valence-electron chi connectivity index (χ4n) is 4.44. The number of hydrogen-bond acceptors (Lipinski definition) is 6. The number of ether oxygens (including phenoxy) is 1. The van der Waals surface area contributed by atoms with E-state index in [1.54, 1.807) is 39.8 Å². The molecule has 0 radical (unpaired) electrons. The van der Waals surface area contributed by atoms with E-state index in [1.807, 2.05) is 32.0 Å². The highest BCUT2D eigenvalue weighted by atomic mass is 32.1. The van der Waals surface area contributed by atoms with Crippen LogP contribution in [0.25, 0.3) is 0 Å². The molecule has 0 aliphatic carbocycles. The maximum absolute atomic E-state index is 14.1. The second-order valence-electron chi connectivity index (χ2n) is 11.2. The first-order chi connectivity index (χ1) is 18.8. The molecule has 8 nitrogen and oxygen atoms in total. The molecule has 0 aromatic heterocycles. The van der Waals surface area contributed by atoms with Gasteiger partial charge in [0, 0.05) is 18.0 Å². The summed E-state index contributed by atoms with van der Waals surface area (Å²) in [6.07, 6.45) is 2.83. The Labute approximate surface area is 244 Å². The van der Waals surface area contributed by atoms with E-state index in [9.17, 15) is 19.5 Å². The molecule has 2 aromatic carbocycles. The number of aryl methyl sites for hydroxylation is 3. The van der Waals surface area contributed by atoms with Crippen LogP contribution in [0.4, 0.5) is 10.5 Å². The van der Waals surface area contributed by atoms with Crippen LogP contribution < -0.4 is 10.6 Å². The van der Waals surface area contributed by atoms with Crippen molar-refractivity contribution in [3.8, 4) is 5.75 Å². The average Bonchev–Trinajstić information content (AvgIpc) is 2.87. The monoisotopic (exact) mass is 571 g/mol. The molecule has 2 rings (SSSR count). The Morgan fingerprint density at radius 1 is 1.00 bits per heavy atom. The van der Waals surface area contributed by atoms with Crippen LogP contribution in [0.5, 0.6) is 5.75 Å². The van der Waals surface area contributed by atoms with Gasteiger partial charge in [-0.05, 0) is 82.3 Å². The second kappa shape index (κ2) is 15.0. The van der Waals surface area contributed by atoms with E-state index in [0.29, 0.717) is 29.8 Å². The fraction of sp³-hybridized carbons (Fsp3) is 0.516. The third-order valence-corrected chi connectivity index (χ3v) is 6.90. The highest BCUT2D eigenvalue weighted by Gasteiger charge is 2.36. The van der Waals surface area contributed by atoms with E-state index in [1.165, 1.54) is 11.0 Å². The Hall–Kier alpha value is -3.20. The number of rotatable bonds is 12. The van der Waals surface area contributed by atoms with Crippen LogP contribution in [0.1, 0.15) is 81.7 Å². The molecule has 0 bridgehead atoms. The van der Waals surface area contributed by atoms with Gasteiger partial charge in [-0.25, -0.2) is 4.79 Å². The van der Waals surface area contributed by atoms with Gasteiger partial charge in [-0.1, -0.05) is 50.5 Å². The molecule has 220 valence electrons. The number of aromatic hydroxyl groups is 1. The maximum atomic E-state index is 14.1. The summed E-state index contributed by atoms with van der Waals surface area (Å²) in [6.45, 7) is 13.2. The lowest BCUT2D eigenvalue weighted by molar-refractivity contribution is -0.140. The third-order valence-electron chi connectivity index (χ3n) is 6.53. The van der Waals surface area contributed by atoms with Gasteiger partial charge in [-0.3, -0.25) is 9.59 Å². The summed E-state index contributed by atoms with van der Waals surface area (Å²) in [4.78, 5) is 42.2. The van der Waals surface area contributed by atoms with Crippen molar-refractivity contribution in [1.29, 1.82) is 0 Å².